The van der Waals surface area contributed by atoms with Crippen molar-refractivity contribution < 1.29 is 9.53 Å². The van der Waals surface area contributed by atoms with Gasteiger partial charge in [0, 0.05) is 25.7 Å². The van der Waals surface area contributed by atoms with Crippen LogP contribution in [0, 0.1) is 0 Å². The minimum absolute atomic E-state index is 0.108. The van der Waals surface area contributed by atoms with Gasteiger partial charge in [-0.05, 0) is 26.9 Å². The summed E-state index contributed by atoms with van der Waals surface area (Å²) >= 11 is 0. The lowest BCUT2D eigenvalue weighted by Gasteiger charge is -2.36. The summed E-state index contributed by atoms with van der Waals surface area (Å²) in [5, 5.41) is 2.96. The quantitative estimate of drug-likeness (QED) is 0.686. The van der Waals surface area contributed by atoms with Crippen LogP contribution in [0.3, 0.4) is 0 Å². The molecule has 1 rings (SSSR count). The highest BCUT2D eigenvalue weighted by Gasteiger charge is 2.36. The molecule has 3 N–H and O–H groups in total. The molecule has 0 saturated heterocycles. The zero-order valence-electron chi connectivity index (χ0n) is 11.2. The van der Waals surface area contributed by atoms with E-state index >= 15 is 0 Å². The maximum atomic E-state index is 11.8. The van der Waals surface area contributed by atoms with Crippen LogP contribution in [-0.2, 0) is 9.53 Å². The molecule has 0 aromatic rings. The molecule has 17 heavy (non-hydrogen) atoms. The number of hydrogen-bond acceptors (Lipinski definition) is 4. The largest absolute Gasteiger partial charge is 0.370 e. The summed E-state index contributed by atoms with van der Waals surface area (Å²) in [5.74, 6) is -0.108. The van der Waals surface area contributed by atoms with E-state index in [4.69, 9.17) is 10.5 Å². The standard InChI is InChI=1S/C12H25N3O2/c1-15(2)12(6-4-5-7-12)9-14-11(16)10(8-13)17-3/h10H,4-9,13H2,1-3H3,(H,14,16). The van der Waals surface area contributed by atoms with Gasteiger partial charge in [-0.15, -0.1) is 0 Å². The van der Waals surface area contributed by atoms with Crippen molar-refractivity contribution in [3.05, 3.63) is 0 Å². The van der Waals surface area contributed by atoms with Gasteiger partial charge in [-0.1, -0.05) is 12.8 Å². The third-order valence-corrected chi connectivity index (χ3v) is 3.87. The van der Waals surface area contributed by atoms with Crippen molar-refractivity contribution in [2.45, 2.75) is 37.3 Å². The second-order valence-corrected chi connectivity index (χ2v) is 5.00. The molecule has 0 radical (unpaired) electrons. The van der Waals surface area contributed by atoms with E-state index in [0.29, 0.717) is 6.54 Å². The fraction of sp³-hybridized carbons (Fsp3) is 0.917. The highest BCUT2D eigenvalue weighted by Crippen LogP contribution is 2.33. The molecule has 5 nitrogen and oxygen atoms in total. The molecule has 0 heterocycles. The summed E-state index contributed by atoms with van der Waals surface area (Å²) < 4.78 is 5.02. The lowest BCUT2D eigenvalue weighted by atomic mass is 9.96. The molecule has 1 atom stereocenters. The van der Waals surface area contributed by atoms with Crippen LogP contribution in [0.25, 0.3) is 0 Å². The first kappa shape index (κ1) is 14.4. The van der Waals surface area contributed by atoms with Crippen molar-refractivity contribution in [2.24, 2.45) is 5.73 Å². The minimum Gasteiger partial charge on any atom is -0.370 e. The van der Waals surface area contributed by atoms with Gasteiger partial charge in [0.05, 0.1) is 0 Å². The van der Waals surface area contributed by atoms with E-state index in [1.165, 1.54) is 20.0 Å². The summed E-state index contributed by atoms with van der Waals surface area (Å²) in [5.41, 5.74) is 5.58. The molecule has 100 valence electrons. The number of nitrogens with zero attached hydrogens (tertiary/aromatic N) is 1. The summed E-state index contributed by atoms with van der Waals surface area (Å²) in [6, 6.07) is 0. The molecule has 1 saturated carbocycles. The Kier molecular flexibility index (Phi) is 5.36. The smallest absolute Gasteiger partial charge is 0.250 e. The summed E-state index contributed by atoms with van der Waals surface area (Å²) in [4.78, 5) is 14.0. The number of hydrogen-bond donors (Lipinski definition) is 2. The van der Waals surface area contributed by atoms with Crippen molar-refractivity contribution in [1.29, 1.82) is 0 Å². The number of methoxy groups -OCH3 is 1. The van der Waals surface area contributed by atoms with Crippen molar-refractivity contribution in [3.63, 3.8) is 0 Å². The van der Waals surface area contributed by atoms with Crippen LogP contribution in [-0.4, -0.2) is 56.7 Å². The van der Waals surface area contributed by atoms with E-state index in [0.717, 1.165) is 12.8 Å². The number of rotatable bonds is 6. The third kappa shape index (κ3) is 3.40. The van der Waals surface area contributed by atoms with E-state index in [1.54, 1.807) is 0 Å². The van der Waals surface area contributed by atoms with Crippen molar-refractivity contribution in [1.82, 2.24) is 10.2 Å². The number of likely N-dealkylation sites (N-methyl/N-ethyl adjacent to an activating group) is 1. The number of carbonyl (C=O) groups is 1. The Bertz CT molecular complexity index is 246. The maximum Gasteiger partial charge on any atom is 0.250 e. The molecular formula is C12H25N3O2. The number of carbonyl (C=O) groups excluding carboxylic acids is 1. The monoisotopic (exact) mass is 243 g/mol. The number of amides is 1. The molecule has 0 aromatic carbocycles. The van der Waals surface area contributed by atoms with Gasteiger partial charge in [0.25, 0.3) is 5.91 Å². The van der Waals surface area contributed by atoms with E-state index in [1.807, 2.05) is 0 Å². The molecule has 1 aliphatic rings. The highest BCUT2D eigenvalue weighted by atomic mass is 16.5. The molecule has 1 fully saturated rings. The molecule has 5 heteroatoms. The van der Waals surface area contributed by atoms with Crippen molar-refractivity contribution >= 4 is 5.91 Å². The van der Waals surface area contributed by atoms with Gasteiger partial charge in [0.1, 0.15) is 6.10 Å². The second-order valence-electron chi connectivity index (χ2n) is 5.00. The van der Waals surface area contributed by atoms with Crippen molar-refractivity contribution in [3.8, 4) is 0 Å². The van der Waals surface area contributed by atoms with Gasteiger partial charge in [0.15, 0.2) is 0 Å². The van der Waals surface area contributed by atoms with Crippen LogP contribution in [0.15, 0.2) is 0 Å². The zero-order valence-corrected chi connectivity index (χ0v) is 11.2. The van der Waals surface area contributed by atoms with Crippen LogP contribution in [0.5, 0.6) is 0 Å². The Morgan fingerprint density at radius 2 is 2.06 bits per heavy atom. The average molecular weight is 243 g/mol. The molecule has 0 aromatic heterocycles. The molecule has 1 unspecified atom stereocenters. The van der Waals surface area contributed by atoms with Crippen LogP contribution < -0.4 is 11.1 Å². The topological polar surface area (TPSA) is 67.6 Å². The third-order valence-electron chi connectivity index (χ3n) is 3.87. The highest BCUT2D eigenvalue weighted by molar-refractivity contribution is 5.81. The van der Waals surface area contributed by atoms with Crippen molar-refractivity contribution in [2.75, 3.05) is 34.3 Å². The zero-order chi connectivity index (χ0) is 12.9. The Labute approximate surface area is 104 Å². The lowest BCUT2D eigenvalue weighted by molar-refractivity contribution is -0.131. The molecule has 1 aliphatic carbocycles. The molecule has 1 amide bonds. The summed E-state index contributed by atoms with van der Waals surface area (Å²) in [6.45, 7) is 0.899. The first-order chi connectivity index (χ1) is 8.05. The second kappa shape index (κ2) is 6.33. The Balaban J connectivity index is 2.50. The van der Waals surface area contributed by atoms with Crippen LogP contribution in [0.1, 0.15) is 25.7 Å². The Morgan fingerprint density at radius 1 is 1.47 bits per heavy atom. The molecule has 0 spiro atoms. The fourth-order valence-electron chi connectivity index (χ4n) is 2.49. The molecular weight excluding hydrogens is 218 g/mol. The van der Waals surface area contributed by atoms with Crippen LogP contribution in [0.4, 0.5) is 0 Å². The molecule has 0 bridgehead atoms. The SMILES string of the molecule is COC(CN)C(=O)NCC1(N(C)C)CCCC1. The van der Waals surface area contributed by atoms with Gasteiger partial charge in [-0.2, -0.15) is 0 Å². The number of nitrogens with two attached hydrogens (primary N) is 1. The predicted octanol–water partition coefficient (Wildman–Crippen LogP) is -0.0493. The van der Waals surface area contributed by atoms with Gasteiger partial charge >= 0.3 is 0 Å². The van der Waals surface area contributed by atoms with E-state index in [2.05, 4.69) is 24.3 Å². The predicted molar refractivity (Wildman–Crippen MR) is 67.7 cm³/mol. The van der Waals surface area contributed by atoms with Gasteiger partial charge < -0.3 is 20.7 Å². The molecule has 0 aliphatic heterocycles. The average Bonchev–Trinajstić information content (AvgIpc) is 2.78. The van der Waals surface area contributed by atoms with Gasteiger partial charge in [-0.3, -0.25) is 4.79 Å². The fourth-order valence-corrected chi connectivity index (χ4v) is 2.49. The van der Waals surface area contributed by atoms with E-state index in [-0.39, 0.29) is 18.0 Å². The maximum absolute atomic E-state index is 11.8. The van der Waals surface area contributed by atoms with E-state index < -0.39 is 6.10 Å². The Morgan fingerprint density at radius 3 is 2.47 bits per heavy atom. The number of nitrogens with one attached hydrogen (secondary N) is 1. The Hall–Kier alpha value is -0.650. The number of ether oxygens (including phenoxy) is 1. The minimum atomic E-state index is -0.532. The van der Waals surface area contributed by atoms with Gasteiger partial charge in [-0.25, -0.2) is 0 Å². The van der Waals surface area contributed by atoms with Gasteiger partial charge in [0.2, 0.25) is 0 Å². The van der Waals surface area contributed by atoms with E-state index in [9.17, 15) is 4.79 Å². The first-order valence-electron chi connectivity index (χ1n) is 6.24. The van der Waals surface area contributed by atoms with Crippen LogP contribution >= 0.6 is 0 Å². The summed E-state index contributed by atoms with van der Waals surface area (Å²) in [7, 11) is 5.66. The van der Waals surface area contributed by atoms with Crippen LogP contribution in [0.2, 0.25) is 0 Å². The summed E-state index contributed by atoms with van der Waals surface area (Å²) in [6.07, 6.45) is 4.22. The first-order valence-corrected chi connectivity index (χ1v) is 6.24. The lowest BCUT2D eigenvalue weighted by Crippen LogP contribution is -2.53. The normalized spacial score (nSPS) is 20.5.